The largest absolute Gasteiger partial charge is 0.468 e. The highest BCUT2D eigenvalue weighted by Crippen LogP contribution is 2.42. The third kappa shape index (κ3) is 6.56. The molecule has 8 heteroatoms. The van der Waals surface area contributed by atoms with Crippen LogP contribution < -0.4 is 0 Å². The van der Waals surface area contributed by atoms with Crippen molar-refractivity contribution in [3.8, 4) is 45.0 Å². The molecule has 334 valence electrons. The molecule has 0 amide bonds. The van der Waals surface area contributed by atoms with Gasteiger partial charge in [0.05, 0.1) is 44.5 Å². The smallest absolute Gasteiger partial charge is 0.236 e. The van der Waals surface area contributed by atoms with Crippen molar-refractivity contribution in [3.63, 3.8) is 0 Å². The minimum atomic E-state index is -0.441. The summed E-state index contributed by atoms with van der Waals surface area (Å²) in [7, 11) is 0. The van der Waals surface area contributed by atoms with E-state index in [4.69, 9.17) is 29.4 Å². The number of pyridine rings is 2. The Morgan fingerprint density at radius 2 is 0.662 bits per heavy atom. The van der Waals surface area contributed by atoms with E-state index in [0.29, 0.717) is 11.8 Å². The number of benzene rings is 6. The second-order valence-electron chi connectivity index (χ2n) is 20.3. The molecule has 2 aliphatic heterocycles. The van der Waals surface area contributed by atoms with Gasteiger partial charge in [-0.25, -0.2) is 20.0 Å². The molecule has 0 aliphatic carbocycles. The topological polar surface area (TPSA) is 78.8 Å². The summed E-state index contributed by atoms with van der Waals surface area (Å²) in [5, 5.41) is 4.62. The van der Waals surface area contributed by atoms with Crippen LogP contribution in [0.1, 0.15) is 66.8 Å². The van der Waals surface area contributed by atoms with Crippen LogP contribution in [-0.2, 0) is 9.47 Å². The Kier molecular flexibility index (Phi) is 9.07. The van der Waals surface area contributed by atoms with E-state index in [1.807, 2.05) is 24.3 Å². The van der Waals surface area contributed by atoms with Gasteiger partial charge in [-0.05, 0) is 164 Å². The van der Waals surface area contributed by atoms with Crippen molar-refractivity contribution in [2.75, 3.05) is 0 Å². The van der Waals surface area contributed by atoms with E-state index in [1.165, 1.54) is 0 Å². The van der Waals surface area contributed by atoms with Crippen LogP contribution in [0.15, 0.2) is 180 Å². The van der Waals surface area contributed by atoms with E-state index in [9.17, 15) is 0 Å². The van der Waals surface area contributed by atoms with Gasteiger partial charge in [0, 0.05) is 44.0 Å². The maximum atomic E-state index is 6.38. The van der Waals surface area contributed by atoms with E-state index >= 15 is 0 Å². The minimum absolute atomic E-state index is 0.372. The second kappa shape index (κ2) is 14.8. The maximum absolute atomic E-state index is 6.38. The Bertz CT molecular complexity index is 3490. The molecule has 0 atom stereocenters. The molecule has 0 radical (unpaired) electrons. The highest BCUT2D eigenvalue weighted by atomic mass is 16.5. The predicted molar refractivity (Wildman–Crippen MR) is 279 cm³/mol. The van der Waals surface area contributed by atoms with Crippen LogP contribution in [0.4, 0.5) is 0 Å². The van der Waals surface area contributed by atoms with E-state index < -0.39 is 11.2 Å². The van der Waals surface area contributed by atoms with E-state index in [-0.39, 0.29) is 11.1 Å². The number of aliphatic imine (C=N–C) groups is 2. The van der Waals surface area contributed by atoms with Crippen molar-refractivity contribution in [1.82, 2.24) is 19.1 Å². The quantitative estimate of drug-likeness (QED) is 0.160. The fourth-order valence-corrected chi connectivity index (χ4v) is 9.64. The first-order valence-electron chi connectivity index (χ1n) is 23.5. The number of rotatable bonds is 7. The third-order valence-corrected chi connectivity index (χ3v) is 14.8. The monoisotopic (exact) mass is 888 g/mol. The van der Waals surface area contributed by atoms with Gasteiger partial charge in [0.25, 0.3) is 0 Å². The van der Waals surface area contributed by atoms with E-state index in [2.05, 4.69) is 210 Å². The summed E-state index contributed by atoms with van der Waals surface area (Å²) in [6.07, 6.45) is 0. The van der Waals surface area contributed by atoms with Crippen molar-refractivity contribution in [2.24, 2.45) is 9.98 Å². The van der Waals surface area contributed by atoms with Crippen LogP contribution in [0.2, 0.25) is 0 Å². The predicted octanol–water partition coefficient (Wildman–Crippen LogP) is 14.3. The summed E-state index contributed by atoms with van der Waals surface area (Å²) in [4.78, 5) is 20.2. The zero-order valence-electron chi connectivity index (χ0n) is 39.7. The SMILES string of the molecule is CC1(C)N=C(c2cccc(-c3ccc4c(c3)c3cc(-c5ccc6c(c5)c5cc(-c7cccc(C8=NC(C)(C)C(C)(C)O8)n7)ccc5n6-c5ccccc5)ccc3n4-c3ccccc3)n2)OC1(C)C. The number of hydrogen-bond acceptors (Lipinski definition) is 6. The van der Waals surface area contributed by atoms with Gasteiger partial charge in [-0.1, -0.05) is 72.8 Å². The molecule has 2 aliphatic rings. The van der Waals surface area contributed by atoms with Crippen LogP contribution in [0.5, 0.6) is 0 Å². The summed E-state index contributed by atoms with van der Waals surface area (Å²) < 4.78 is 17.5. The molecule has 0 saturated heterocycles. The van der Waals surface area contributed by atoms with Crippen molar-refractivity contribution in [3.05, 3.63) is 181 Å². The lowest BCUT2D eigenvalue weighted by Gasteiger charge is -2.30. The summed E-state index contributed by atoms with van der Waals surface area (Å²) in [6, 6.07) is 60.5. The van der Waals surface area contributed by atoms with Crippen LogP contribution in [0.3, 0.4) is 0 Å². The summed E-state index contributed by atoms with van der Waals surface area (Å²) in [5.74, 6) is 1.16. The number of fused-ring (bicyclic) bond motifs is 6. The van der Waals surface area contributed by atoms with E-state index in [1.54, 1.807) is 0 Å². The molecule has 0 bridgehead atoms. The number of ether oxygens (including phenoxy) is 2. The minimum Gasteiger partial charge on any atom is -0.468 e. The molecule has 68 heavy (non-hydrogen) atoms. The highest BCUT2D eigenvalue weighted by Gasteiger charge is 2.47. The van der Waals surface area contributed by atoms with Gasteiger partial charge in [0.15, 0.2) is 0 Å². The van der Waals surface area contributed by atoms with Crippen molar-refractivity contribution in [1.29, 1.82) is 0 Å². The first-order chi connectivity index (χ1) is 32.6. The number of aromatic nitrogens is 4. The summed E-state index contributed by atoms with van der Waals surface area (Å²) >= 11 is 0. The molecule has 12 rings (SSSR count). The Morgan fingerprint density at radius 3 is 1.00 bits per heavy atom. The molecule has 6 heterocycles. The van der Waals surface area contributed by atoms with E-state index in [0.717, 1.165) is 100 Å². The Hall–Kier alpha value is -7.84. The maximum Gasteiger partial charge on any atom is 0.236 e. The Labute approximate surface area is 396 Å². The second-order valence-corrected chi connectivity index (χ2v) is 20.3. The molecular formula is C60H52N6O2. The van der Waals surface area contributed by atoms with Gasteiger partial charge in [-0.2, -0.15) is 0 Å². The molecule has 0 fully saturated rings. The summed E-state index contributed by atoms with van der Waals surface area (Å²) in [6.45, 7) is 16.7. The van der Waals surface area contributed by atoms with Gasteiger partial charge in [0.2, 0.25) is 11.8 Å². The van der Waals surface area contributed by atoms with Crippen LogP contribution in [0, 0.1) is 0 Å². The summed E-state index contributed by atoms with van der Waals surface area (Å²) in [5.41, 5.74) is 12.6. The average Bonchev–Trinajstić information content (AvgIpc) is 3.99. The molecule has 0 unspecified atom stereocenters. The lowest BCUT2D eigenvalue weighted by molar-refractivity contribution is 0.0616. The Morgan fingerprint density at radius 1 is 0.338 bits per heavy atom. The van der Waals surface area contributed by atoms with Crippen molar-refractivity contribution < 1.29 is 9.47 Å². The lowest BCUT2D eigenvalue weighted by atomic mass is 9.87. The number of nitrogens with zero attached hydrogens (tertiary/aromatic N) is 6. The molecular weight excluding hydrogens is 837 g/mol. The fourth-order valence-electron chi connectivity index (χ4n) is 9.64. The zero-order chi connectivity index (χ0) is 46.7. The van der Waals surface area contributed by atoms with Crippen molar-refractivity contribution >= 4 is 55.4 Å². The van der Waals surface area contributed by atoms with Gasteiger partial charge >= 0.3 is 0 Å². The Balaban J connectivity index is 1.00. The molecule has 0 N–H and O–H groups in total. The molecule has 4 aromatic heterocycles. The standard InChI is InChI=1S/C60H52N6O2/c1-57(2)59(5,6)67-55(63-57)49-23-15-21-47(61-49)39-27-31-53-45(35-39)43-33-37(25-29-51(43)65(53)41-17-11-9-12-18-41)38-26-30-52-44(34-38)46-36-40(28-32-54(46)66(52)42-19-13-10-14-20-42)48-22-16-24-50(62-48)56-64-58(3,4)60(7,8)68-56/h9-36H,1-8H3. The first kappa shape index (κ1) is 41.6. The lowest BCUT2D eigenvalue weighted by Crippen LogP contribution is -2.41. The average molecular weight is 889 g/mol. The van der Waals surface area contributed by atoms with Gasteiger partial charge in [-0.15, -0.1) is 0 Å². The van der Waals surface area contributed by atoms with Crippen LogP contribution in [0.25, 0.3) is 88.6 Å². The van der Waals surface area contributed by atoms with Crippen LogP contribution in [-0.4, -0.2) is 53.2 Å². The zero-order valence-corrected chi connectivity index (χ0v) is 39.7. The number of para-hydroxylation sites is 2. The van der Waals surface area contributed by atoms with Crippen molar-refractivity contribution in [2.45, 2.75) is 77.7 Å². The van der Waals surface area contributed by atoms with Gasteiger partial charge in [-0.3, -0.25) is 0 Å². The highest BCUT2D eigenvalue weighted by molar-refractivity contribution is 6.14. The normalized spacial score (nSPS) is 16.8. The molecule has 6 aromatic carbocycles. The van der Waals surface area contributed by atoms with Gasteiger partial charge < -0.3 is 18.6 Å². The third-order valence-electron chi connectivity index (χ3n) is 14.8. The number of hydrogen-bond donors (Lipinski definition) is 0. The molecule has 0 spiro atoms. The molecule has 0 saturated carbocycles. The fraction of sp³-hybridized carbons (Fsp3) is 0.200. The first-order valence-corrected chi connectivity index (χ1v) is 23.5. The molecule has 10 aromatic rings. The molecule has 8 nitrogen and oxygen atoms in total. The van der Waals surface area contributed by atoms with Gasteiger partial charge in [0.1, 0.15) is 22.6 Å². The van der Waals surface area contributed by atoms with Crippen LogP contribution >= 0.6 is 0 Å².